The summed E-state index contributed by atoms with van der Waals surface area (Å²) in [6.45, 7) is 0. The number of hydrogen-bond donors (Lipinski definition) is 1. The molecule has 0 saturated heterocycles. The van der Waals surface area contributed by atoms with Gasteiger partial charge in [0.15, 0.2) is 5.65 Å². The number of amides is 1. The zero-order valence-corrected chi connectivity index (χ0v) is 18.6. The van der Waals surface area contributed by atoms with E-state index >= 15 is 0 Å². The fraction of sp³-hybridized carbons (Fsp3) is 0.708. The first-order valence-electron chi connectivity index (χ1n) is 12.0. The molecule has 180 valence electrons. The van der Waals surface area contributed by atoms with Crippen LogP contribution in [0.25, 0.3) is 5.65 Å². The van der Waals surface area contributed by atoms with E-state index in [0.717, 1.165) is 30.5 Å². The third-order valence-electron chi connectivity index (χ3n) is 7.67. The largest absolute Gasteiger partial charge is 0.349 e. The third kappa shape index (κ3) is 5.17. The van der Waals surface area contributed by atoms with Gasteiger partial charge >= 0.3 is 0 Å². The number of alkyl halides is 4. The molecule has 5 nitrogen and oxygen atoms in total. The lowest BCUT2D eigenvalue weighted by Crippen LogP contribution is -2.41. The molecule has 1 unspecified atom stereocenters. The van der Waals surface area contributed by atoms with Crippen LogP contribution >= 0.6 is 0 Å². The molecular weight excluding hydrogens is 436 g/mol. The van der Waals surface area contributed by atoms with Gasteiger partial charge < -0.3 is 5.32 Å². The van der Waals surface area contributed by atoms with E-state index in [2.05, 4.69) is 15.4 Å². The van der Waals surface area contributed by atoms with Gasteiger partial charge in [-0.05, 0) is 61.5 Å². The van der Waals surface area contributed by atoms with Gasteiger partial charge in [0, 0.05) is 32.1 Å². The van der Waals surface area contributed by atoms with Crippen molar-refractivity contribution in [1.29, 1.82) is 0 Å². The smallest absolute Gasteiger partial charge is 0.248 e. The Labute approximate surface area is 190 Å². The molecule has 1 amide bonds. The highest BCUT2D eigenvalue weighted by atomic mass is 19.3. The van der Waals surface area contributed by atoms with Crippen LogP contribution in [0.3, 0.4) is 0 Å². The lowest BCUT2D eigenvalue weighted by atomic mass is 9.76. The quantitative estimate of drug-likeness (QED) is 0.549. The second-order valence-electron chi connectivity index (χ2n) is 10.4. The first-order valence-corrected chi connectivity index (χ1v) is 12.0. The van der Waals surface area contributed by atoms with Crippen LogP contribution in [0, 0.1) is 17.8 Å². The molecule has 9 heteroatoms. The van der Waals surface area contributed by atoms with E-state index in [9.17, 15) is 22.4 Å². The first kappa shape index (κ1) is 22.6. The number of hydrogen-bond acceptors (Lipinski definition) is 3. The Hall–Kier alpha value is -2.19. The number of imidazole rings is 1. The summed E-state index contributed by atoms with van der Waals surface area (Å²) in [6.07, 6.45) is 7.94. The van der Waals surface area contributed by atoms with Crippen molar-refractivity contribution in [2.75, 3.05) is 0 Å². The molecule has 0 aromatic carbocycles. The molecule has 0 aliphatic heterocycles. The molecule has 33 heavy (non-hydrogen) atoms. The lowest BCUT2D eigenvalue weighted by Gasteiger charge is -2.37. The summed E-state index contributed by atoms with van der Waals surface area (Å²) in [7, 11) is 0. The Kier molecular flexibility index (Phi) is 5.85. The van der Waals surface area contributed by atoms with Gasteiger partial charge in [-0.3, -0.25) is 4.79 Å². The topological polar surface area (TPSA) is 59.3 Å². The standard InChI is InChI=1S/C24H30F4N4O/c25-23(26)6-4-15(5-7-23)8-19-14-32-20(30-19)10-18(13-29-32)22(17-2-1-3-17)31-21(33)9-16-11-24(27,28)12-16/h10,13-17,22H,1-9,11-12H2,(H,31,33). The van der Waals surface area contributed by atoms with E-state index in [1.807, 2.05) is 12.3 Å². The summed E-state index contributed by atoms with van der Waals surface area (Å²) in [5.74, 6) is -5.09. The molecule has 1 atom stereocenters. The highest BCUT2D eigenvalue weighted by molar-refractivity contribution is 5.77. The molecule has 5 rings (SSSR count). The maximum atomic E-state index is 13.4. The van der Waals surface area contributed by atoms with Crippen LogP contribution in [-0.2, 0) is 11.2 Å². The maximum absolute atomic E-state index is 13.4. The van der Waals surface area contributed by atoms with Crippen molar-refractivity contribution in [3.63, 3.8) is 0 Å². The van der Waals surface area contributed by atoms with E-state index in [1.54, 1.807) is 10.7 Å². The average Bonchev–Trinajstić information content (AvgIpc) is 3.08. The molecule has 0 spiro atoms. The van der Waals surface area contributed by atoms with Crippen LogP contribution in [0.1, 0.15) is 81.5 Å². The number of fused-ring (bicyclic) bond motifs is 1. The number of carbonyl (C=O) groups excluding carboxylic acids is 1. The molecule has 2 aromatic heterocycles. The van der Waals surface area contributed by atoms with Crippen LogP contribution in [0.5, 0.6) is 0 Å². The van der Waals surface area contributed by atoms with E-state index < -0.39 is 11.8 Å². The number of aromatic nitrogens is 3. The van der Waals surface area contributed by atoms with Gasteiger partial charge in [0.25, 0.3) is 0 Å². The molecular formula is C24H30F4N4O. The predicted octanol–water partition coefficient (Wildman–Crippen LogP) is 5.49. The van der Waals surface area contributed by atoms with Gasteiger partial charge in [0.05, 0.1) is 24.1 Å². The van der Waals surface area contributed by atoms with Gasteiger partial charge in [0.1, 0.15) is 0 Å². The fourth-order valence-electron chi connectivity index (χ4n) is 5.48. The van der Waals surface area contributed by atoms with Crippen LogP contribution in [0.15, 0.2) is 18.5 Å². The fourth-order valence-corrected chi connectivity index (χ4v) is 5.48. The Bertz CT molecular complexity index is 1000. The SMILES string of the molecule is O=C(CC1CC(F)(F)C1)NC(c1cnn2cc(CC3CCC(F)(F)CC3)nc2c1)C1CCC1. The summed E-state index contributed by atoms with van der Waals surface area (Å²) < 4.78 is 54.8. The zero-order chi connectivity index (χ0) is 23.2. The molecule has 3 aliphatic carbocycles. The number of carbonyl (C=O) groups is 1. The van der Waals surface area contributed by atoms with Gasteiger partial charge in [-0.1, -0.05) is 6.42 Å². The Morgan fingerprint density at radius 1 is 1.09 bits per heavy atom. The summed E-state index contributed by atoms with van der Waals surface area (Å²) >= 11 is 0. The van der Waals surface area contributed by atoms with E-state index in [0.29, 0.717) is 30.8 Å². The van der Waals surface area contributed by atoms with E-state index in [-0.39, 0.29) is 55.9 Å². The summed E-state index contributed by atoms with van der Waals surface area (Å²) in [5, 5.41) is 7.55. The van der Waals surface area contributed by atoms with Crippen molar-refractivity contribution >= 4 is 11.6 Å². The molecule has 3 fully saturated rings. The van der Waals surface area contributed by atoms with Gasteiger partial charge in [-0.25, -0.2) is 27.1 Å². The van der Waals surface area contributed by atoms with Crippen molar-refractivity contribution in [2.24, 2.45) is 17.8 Å². The number of rotatable bonds is 7. The van der Waals surface area contributed by atoms with E-state index in [4.69, 9.17) is 0 Å². The minimum absolute atomic E-state index is 0.0608. The van der Waals surface area contributed by atoms with Crippen molar-refractivity contribution in [3.8, 4) is 0 Å². The molecule has 0 bridgehead atoms. The van der Waals surface area contributed by atoms with Crippen LogP contribution in [-0.4, -0.2) is 32.4 Å². The average molecular weight is 467 g/mol. The maximum Gasteiger partial charge on any atom is 0.248 e. The first-order chi connectivity index (χ1) is 15.7. The van der Waals surface area contributed by atoms with Crippen molar-refractivity contribution < 1.29 is 22.4 Å². The highest BCUT2D eigenvalue weighted by Crippen LogP contribution is 2.44. The molecule has 2 aromatic rings. The van der Waals surface area contributed by atoms with Crippen LogP contribution in [0.2, 0.25) is 0 Å². The number of nitrogens with one attached hydrogen (secondary N) is 1. The highest BCUT2D eigenvalue weighted by Gasteiger charge is 2.46. The second-order valence-corrected chi connectivity index (χ2v) is 10.4. The summed E-state index contributed by atoms with van der Waals surface area (Å²) in [4.78, 5) is 17.2. The number of nitrogens with zero attached hydrogens (tertiary/aromatic N) is 3. The van der Waals surface area contributed by atoms with Gasteiger partial charge in [-0.15, -0.1) is 0 Å². The predicted molar refractivity (Wildman–Crippen MR) is 114 cm³/mol. The zero-order valence-electron chi connectivity index (χ0n) is 18.6. The van der Waals surface area contributed by atoms with Gasteiger partial charge in [0.2, 0.25) is 17.8 Å². The Balaban J connectivity index is 1.26. The molecule has 1 N–H and O–H groups in total. The lowest BCUT2D eigenvalue weighted by molar-refractivity contribution is -0.134. The normalized spacial score (nSPS) is 24.2. The second kappa shape index (κ2) is 8.55. The molecule has 3 saturated carbocycles. The Morgan fingerprint density at radius 3 is 2.45 bits per heavy atom. The van der Waals surface area contributed by atoms with Gasteiger partial charge in [-0.2, -0.15) is 5.10 Å². The van der Waals surface area contributed by atoms with Crippen LogP contribution in [0.4, 0.5) is 17.6 Å². The minimum atomic E-state index is -2.62. The Morgan fingerprint density at radius 2 is 1.82 bits per heavy atom. The molecule has 0 radical (unpaired) electrons. The van der Waals surface area contributed by atoms with E-state index in [1.165, 1.54) is 0 Å². The molecule has 2 heterocycles. The summed E-state index contributed by atoms with van der Waals surface area (Å²) in [6, 6.07) is 1.72. The van der Waals surface area contributed by atoms with Crippen LogP contribution < -0.4 is 5.32 Å². The third-order valence-corrected chi connectivity index (χ3v) is 7.67. The van der Waals surface area contributed by atoms with Crippen molar-refractivity contribution in [3.05, 3.63) is 29.7 Å². The number of halogens is 4. The van der Waals surface area contributed by atoms with Crippen molar-refractivity contribution in [2.45, 2.75) is 88.5 Å². The summed E-state index contributed by atoms with van der Waals surface area (Å²) in [5.41, 5.74) is 2.37. The molecule has 3 aliphatic rings. The monoisotopic (exact) mass is 466 g/mol. The van der Waals surface area contributed by atoms with Crippen molar-refractivity contribution in [1.82, 2.24) is 19.9 Å². The minimum Gasteiger partial charge on any atom is -0.349 e.